The van der Waals surface area contributed by atoms with Gasteiger partial charge in [-0.15, -0.1) is 0 Å². The normalized spacial score (nSPS) is 10.8. The molecule has 3 N–H and O–H groups in total. The lowest BCUT2D eigenvalue weighted by molar-refractivity contribution is 0.0951. The largest absolute Gasteiger partial charge is 0.368 e. The van der Waals surface area contributed by atoms with Gasteiger partial charge in [-0.25, -0.2) is 0 Å². The summed E-state index contributed by atoms with van der Waals surface area (Å²) in [6, 6.07) is 7.80. The van der Waals surface area contributed by atoms with Crippen LogP contribution in [0.5, 0.6) is 0 Å². The summed E-state index contributed by atoms with van der Waals surface area (Å²) in [5.41, 5.74) is 9.06. The van der Waals surface area contributed by atoms with Crippen LogP contribution in [-0.2, 0) is 13.0 Å². The minimum Gasteiger partial charge on any atom is -0.368 e. The Balaban J connectivity index is 1.88. The third-order valence-corrected chi connectivity index (χ3v) is 4.15. The average Bonchev–Trinajstić information content (AvgIpc) is 2.64. The molecule has 0 saturated carbocycles. The summed E-state index contributed by atoms with van der Waals surface area (Å²) >= 11 is 0. The summed E-state index contributed by atoms with van der Waals surface area (Å²) in [6.45, 7) is 4.11. The lowest BCUT2D eigenvalue weighted by Crippen LogP contribution is -2.25. The fraction of sp³-hybridized carbons (Fsp3) is 0.316. The molecule has 2 heterocycles. The number of carbonyl (C=O) groups excluding carboxylic acids is 1. The van der Waals surface area contributed by atoms with Crippen LogP contribution < -0.4 is 16.0 Å². The van der Waals surface area contributed by atoms with Gasteiger partial charge in [-0.2, -0.15) is 15.0 Å². The van der Waals surface area contributed by atoms with Gasteiger partial charge in [-0.3, -0.25) is 9.78 Å². The average molecular weight is 365 g/mol. The van der Waals surface area contributed by atoms with Crippen LogP contribution in [0.3, 0.4) is 0 Å². The number of aryl methyl sites for hydroxylation is 2. The molecule has 0 aliphatic carbocycles. The summed E-state index contributed by atoms with van der Waals surface area (Å²) in [5, 5.41) is 3.71. The Morgan fingerprint density at radius 3 is 2.63 bits per heavy atom. The second kappa shape index (κ2) is 7.53. The quantitative estimate of drug-likeness (QED) is 0.710. The molecule has 140 valence electrons. The molecule has 1 aromatic carbocycles. The summed E-state index contributed by atoms with van der Waals surface area (Å²) in [7, 11) is 3.63. The Kier molecular flexibility index (Phi) is 5.16. The molecule has 0 spiro atoms. The highest BCUT2D eigenvalue weighted by atomic mass is 16.1. The number of anilines is 2. The van der Waals surface area contributed by atoms with E-state index in [1.807, 2.05) is 39.2 Å². The maximum absolute atomic E-state index is 12.8. The van der Waals surface area contributed by atoms with Crippen LogP contribution >= 0.6 is 0 Å². The van der Waals surface area contributed by atoms with Gasteiger partial charge in [-0.05, 0) is 37.1 Å². The highest BCUT2D eigenvalue weighted by molar-refractivity contribution is 6.06. The van der Waals surface area contributed by atoms with Gasteiger partial charge in [0, 0.05) is 25.2 Å². The third kappa shape index (κ3) is 4.11. The van der Waals surface area contributed by atoms with Crippen molar-refractivity contribution < 1.29 is 4.79 Å². The minimum atomic E-state index is -0.205. The van der Waals surface area contributed by atoms with Crippen LogP contribution in [0.1, 0.15) is 34.4 Å². The van der Waals surface area contributed by atoms with Crippen molar-refractivity contribution >= 4 is 28.7 Å². The molecule has 3 aromatic rings. The zero-order valence-corrected chi connectivity index (χ0v) is 15.9. The highest BCUT2D eigenvalue weighted by Crippen LogP contribution is 2.20. The first-order chi connectivity index (χ1) is 12.9. The summed E-state index contributed by atoms with van der Waals surface area (Å²) in [4.78, 5) is 31.5. The molecule has 0 unspecified atom stereocenters. The Bertz CT molecular complexity index is 1000. The van der Waals surface area contributed by atoms with Crippen LogP contribution in [-0.4, -0.2) is 39.9 Å². The van der Waals surface area contributed by atoms with E-state index in [-0.39, 0.29) is 18.4 Å². The number of pyridine rings is 1. The van der Waals surface area contributed by atoms with E-state index in [1.165, 1.54) is 0 Å². The van der Waals surface area contributed by atoms with Crippen LogP contribution in [0, 0.1) is 6.92 Å². The molecule has 8 nitrogen and oxygen atoms in total. The number of nitrogens with one attached hydrogen (secondary N) is 1. The lowest BCUT2D eigenvalue weighted by atomic mass is 10.0. The first-order valence-electron chi connectivity index (χ1n) is 8.73. The van der Waals surface area contributed by atoms with E-state index in [4.69, 9.17) is 5.73 Å². The maximum atomic E-state index is 12.8. The van der Waals surface area contributed by atoms with E-state index >= 15 is 0 Å². The molecular formula is C19H23N7O. The molecular weight excluding hydrogens is 342 g/mol. The SMILES string of the molecule is CCc1ccc2nc(C)cc(C(=O)NCc3nc(N)nc(N(C)C)n3)c2c1. The first kappa shape index (κ1) is 18.5. The number of aromatic nitrogens is 4. The van der Waals surface area contributed by atoms with Crippen LogP contribution in [0.4, 0.5) is 11.9 Å². The maximum Gasteiger partial charge on any atom is 0.252 e. The molecule has 3 rings (SSSR count). The van der Waals surface area contributed by atoms with Gasteiger partial charge in [0.25, 0.3) is 5.91 Å². The molecule has 0 radical (unpaired) electrons. The molecule has 2 aromatic heterocycles. The standard InChI is InChI=1S/C19H23N7O/c1-5-12-6-7-15-13(9-12)14(8-11(2)22-15)17(27)21-10-16-23-18(20)25-19(24-16)26(3)4/h6-9H,5,10H2,1-4H3,(H,21,27)(H2,20,23,24,25). The van der Waals surface area contributed by atoms with E-state index in [9.17, 15) is 4.79 Å². The van der Waals surface area contributed by atoms with Crippen LogP contribution in [0.2, 0.25) is 0 Å². The Morgan fingerprint density at radius 1 is 1.15 bits per heavy atom. The number of amides is 1. The minimum absolute atomic E-state index is 0.121. The number of carbonyl (C=O) groups is 1. The van der Waals surface area contributed by atoms with Gasteiger partial charge in [0.1, 0.15) is 0 Å². The van der Waals surface area contributed by atoms with Crippen LogP contribution in [0.15, 0.2) is 24.3 Å². The number of fused-ring (bicyclic) bond motifs is 1. The first-order valence-corrected chi connectivity index (χ1v) is 8.73. The van der Waals surface area contributed by atoms with E-state index in [2.05, 4.69) is 32.2 Å². The van der Waals surface area contributed by atoms with Crippen molar-refractivity contribution in [2.45, 2.75) is 26.8 Å². The van der Waals surface area contributed by atoms with Crippen LogP contribution in [0.25, 0.3) is 10.9 Å². The number of rotatable bonds is 5. The molecule has 0 bridgehead atoms. The summed E-state index contributed by atoms with van der Waals surface area (Å²) in [6.07, 6.45) is 0.891. The van der Waals surface area contributed by atoms with Gasteiger partial charge >= 0.3 is 0 Å². The van der Waals surface area contributed by atoms with Gasteiger partial charge in [0.15, 0.2) is 5.82 Å². The van der Waals surface area contributed by atoms with E-state index in [0.717, 1.165) is 28.6 Å². The smallest absolute Gasteiger partial charge is 0.252 e. The second-order valence-corrected chi connectivity index (χ2v) is 6.50. The number of nitrogens with zero attached hydrogens (tertiary/aromatic N) is 5. The number of hydrogen-bond acceptors (Lipinski definition) is 7. The zero-order valence-electron chi connectivity index (χ0n) is 15.9. The summed E-state index contributed by atoms with van der Waals surface area (Å²) < 4.78 is 0. The Hall–Kier alpha value is -3.29. The predicted octanol–water partition coefficient (Wildman–Crippen LogP) is 1.87. The van der Waals surface area contributed by atoms with Gasteiger partial charge < -0.3 is 16.0 Å². The molecule has 0 aliphatic heterocycles. The Morgan fingerprint density at radius 2 is 1.93 bits per heavy atom. The van der Waals surface area contributed by atoms with Gasteiger partial charge in [0.05, 0.1) is 17.6 Å². The van der Waals surface area contributed by atoms with E-state index in [1.54, 1.807) is 11.0 Å². The molecule has 8 heteroatoms. The van der Waals surface area contributed by atoms with Crippen molar-refractivity contribution in [3.63, 3.8) is 0 Å². The van der Waals surface area contributed by atoms with Gasteiger partial charge in [-0.1, -0.05) is 13.0 Å². The lowest BCUT2D eigenvalue weighted by Gasteiger charge is -2.12. The predicted molar refractivity (Wildman–Crippen MR) is 106 cm³/mol. The number of nitrogens with two attached hydrogens (primary N) is 1. The molecule has 0 fully saturated rings. The second-order valence-electron chi connectivity index (χ2n) is 6.50. The molecule has 0 saturated heterocycles. The molecule has 1 amide bonds. The topological polar surface area (TPSA) is 110 Å². The zero-order chi connectivity index (χ0) is 19.6. The fourth-order valence-corrected chi connectivity index (χ4v) is 2.77. The van der Waals surface area contributed by atoms with Crippen molar-refractivity contribution in [1.82, 2.24) is 25.3 Å². The monoisotopic (exact) mass is 365 g/mol. The van der Waals surface area contributed by atoms with E-state index in [0.29, 0.717) is 17.3 Å². The fourth-order valence-electron chi connectivity index (χ4n) is 2.77. The van der Waals surface area contributed by atoms with Crippen molar-refractivity contribution in [2.75, 3.05) is 24.7 Å². The number of nitrogen functional groups attached to an aromatic ring is 1. The number of benzene rings is 1. The van der Waals surface area contributed by atoms with Crippen molar-refractivity contribution in [3.8, 4) is 0 Å². The third-order valence-electron chi connectivity index (χ3n) is 4.15. The van der Waals surface area contributed by atoms with Gasteiger partial charge in [0.2, 0.25) is 11.9 Å². The molecule has 0 aliphatic rings. The molecule has 27 heavy (non-hydrogen) atoms. The molecule has 0 atom stereocenters. The van der Waals surface area contributed by atoms with Crippen molar-refractivity contribution in [3.05, 3.63) is 46.9 Å². The Labute approximate surface area is 157 Å². The number of hydrogen-bond donors (Lipinski definition) is 2. The van der Waals surface area contributed by atoms with Crippen molar-refractivity contribution in [2.24, 2.45) is 0 Å². The highest BCUT2D eigenvalue weighted by Gasteiger charge is 2.14. The van der Waals surface area contributed by atoms with E-state index < -0.39 is 0 Å². The summed E-state index contributed by atoms with van der Waals surface area (Å²) in [5.74, 6) is 0.772. The van der Waals surface area contributed by atoms with Crippen molar-refractivity contribution in [1.29, 1.82) is 0 Å².